The number of hydrogen-bond donors (Lipinski definition) is 1. The number of unbranched alkanes of at least 4 members (excludes halogenated alkanes) is 5. The average Bonchev–Trinajstić information content (AvgIpc) is 2.93. The molecule has 39 heavy (non-hydrogen) atoms. The van der Waals surface area contributed by atoms with E-state index in [9.17, 15) is 9.90 Å². The smallest absolute Gasteiger partial charge is 0.297 e. The van der Waals surface area contributed by atoms with Crippen LogP contribution in [0.15, 0.2) is 76.6 Å². The van der Waals surface area contributed by atoms with E-state index < -0.39 is 5.56 Å². The topological polar surface area (TPSA) is 60.7 Å². The van der Waals surface area contributed by atoms with E-state index in [4.69, 9.17) is 9.47 Å². The van der Waals surface area contributed by atoms with Gasteiger partial charge in [-0.05, 0) is 63.8 Å². The first-order chi connectivity index (χ1) is 18.9. The van der Waals surface area contributed by atoms with E-state index in [-0.39, 0.29) is 18.1 Å². The fourth-order valence-corrected chi connectivity index (χ4v) is 4.60. The van der Waals surface area contributed by atoms with Gasteiger partial charge in [-0.2, -0.15) is 0 Å². The third kappa shape index (κ3) is 9.35. The predicted molar refractivity (Wildman–Crippen MR) is 162 cm³/mol. The van der Waals surface area contributed by atoms with E-state index in [2.05, 4.69) is 33.8 Å². The molecule has 0 amide bonds. The summed E-state index contributed by atoms with van der Waals surface area (Å²) in [5.41, 5.74) is 3.89. The summed E-state index contributed by atoms with van der Waals surface area (Å²) in [5.74, 6) is 0.577. The quantitative estimate of drug-likeness (QED) is 0.148. The van der Waals surface area contributed by atoms with Crippen LogP contribution in [-0.4, -0.2) is 16.3 Å². The second kappa shape index (κ2) is 15.8. The van der Waals surface area contributed by atoms with Gasteiger partial charge < -0.3 is 19.1 Å². The largest absolute Gasteiger partial charge is 0.500 e. The van der Waals surface area contributed by atoms with E-state index in [0.29, 0.717) is 24.3 Å². The van der Waals surface area contributed by atoms with Crippen molar-refractivity contribution < 1.29 is 14.6 Å². The Labute approximate surface area is 233 Å². The molecule has 0 spiro atoms. The lowest BCUT2D eigenvalue weighted by Gasteiger charge is -2.17. The van der Waals surface area contributed by atoms with Crippen molar-refractivity contribution in [2.75, 3.05) is 6.61 Å². The molecule has 1 N–H and O–H groups in total. The highest BCUT2D eigenvalue weighted by Gasteiger charge is 2.18. The van der Waals surface area contributed by atoms with E-state index in [1.54, 1.807) is 4.57 Å². The summed E-state index contributed by atoms with van der Waals surface area (Å²) < 4.78 is 13.8. The van der Waals surface area contributed by atoms with E-state index in [0.717, 1.165) is 43.2 Å². The maximum Gasteiger partial charge on any atom is 0.297 e. The number of benzene rings is 2. The van der Waals surface area contributed by atoms with Gasteiger partial charge in [-0.25, -0.2) is 0 Å². The van der Waals surface area contributed by atoms with Gasteiger partial charge in [0.05, 0.1) is 5.52 Å². The maximum absolute atomic E-state index is 13.3. The Morgan fingerprint density at radius 2 is 1.67 bits per heavy atom. The number of aryl methyl sites for hydroxylation is 1. The zero-order valence-corrected chi connectivity index (χ0v) is 24.2. The van der Waals surface area contributed by atoms with Crippen LogP contribution in [0.5, 0.6) is 17.2 Å². The molecule has 2 aromatic carbocycles. The van der Waals surface area contributed by atoms with Crippen LogP contribution in [0.2, 0.25) is 0 Å². The van der Waals surface area contributed by atoms with Crippen molar-refractivity contribution in [3.8, 4) is 17.2 Å². The third-order valence-corrected chi connectivity index (χ3v) is 6.90. The first-order valence-electron chi connectivity index (χ1n) is 14.4. The van der Waals surface area contributed by atoms with Crippen LogP contribution >= 0.6 is 0 Å². The van der Waals surface area contributed by atoms with Gasteiger partial charge in [-0.15, -0.1) is 0 Å². The van der Waals surface area contributed by atoms with Crippen molar-refractivity contribution in [2.24, 2.45) is 0 Å². The molecule has 1 heterocycles. The average molecular weight is 532 g/mol. The summed E-state index contributed by atoms with van der Waals surface area (Å²) in [6.45, 7) is 9.75. The number of fused-ring (bicyclic) bond motifs is 1. The summed E-state index contributed by atoms with van der Waals surface area (Å²) in [6.07, 6.45) is 12.9. The van der Waals surface area contributed by atoms with Crippen molar-refractivity contribution in [3.63, 3.8) is 0 Å². The first-order valence-corrected chi connectivity index (χ1v) is 14.4. The van der Waals surface area contributed by atoms with Gasteiger partial charge in [-0.1, -0.05) is 86.6 Å². The summed E-state index contributed by atoms with van der Waals surface area (Å²) in [7, 11) is 0. The summed E-state index contributed by atoms with van der Waals surface area (Å²) in [5, 5.41) is 11.6. The van der Waals surface area contributed by atoms with Crippen LogP contribution in [0.1, 0.15) is 84.6 Å². The highest BCUT2D eigenvalue weighted by molar-refractivity contribution is 5.89. The Bertz CT molecular complexity index is 1300. The molecule has 0 aliphatic carbocycles. The Kier molecular flexibility index (Phi) is 12.2. The monoisotopic (exact) mass is 531 g/mol. The van der Waals surface area contributed by atoms with Gasteiger partial charge in [0.1, 0.15) is 19.0 Å². The van der Waals surface area contributed by atoms with Gasteiger partial charge >= 0.3 is 0 Å². The molecule has 0 saturated carbocycles. The minimum Gasteiger partial charge on any atom is -0.500 e. The predicted octanol–water partition coefficient (Wildman–Crippen LogP) is 8.72. The lowest BCUT2D eigenvalue weighted by molar-refractivity contribution is 0.306. The van der Waals surface area contributed by atoms with Gasteiger partial charge in [0.25, 0.3) is 5.56 Å². The van der Waals surface area contributed by atoms with Crippen molar-refractivity contribution in [2.45, 2.75) is 92.2 Å². The molecule has 3 aromatic rings. The van der Waals surface area contributed by atoms with Crippen LogP contribution < -0.4 is 15.0 Å². The SMILES string of the molecule is CCCCCCCCn1c(=O)c(O)c(OC/C=C(\C)CCC=C(C)C)c2ccc(OCc3ccccc3)cc21. The Hall–Kier alpha value is -3.47. The van der Waals surface area contributed by atoms with E-state index >= 15 is 0 Å². The van der Waals surface area contributed by atoms with Crippen molar-refractivity contribution in [1.29, 1.82) is 0 Å². The molecule has 0 saturated heterocycles. The number of aromatic nitrogens is 1. The number of ether oxygens (including phenoxy) is 2. The lowest BCUT2D eigenvalue weighted by atomic mass is 10.1. The highest BCUT2D eigenvalue weighted by Crippen LogP contribution is 2.34. The molecular weight excluding hydrogens is 486 g/mol. The standard InChI is InChI=1S/C34H45NO4/c1-5-6-7-8-9-13-22-35-31-24-29(39-25-28-17-11-10-12-18-28)19-20-30(31)33(32(36)34(35)37)38-23-21-27(4)16-14-15-26(2)3/h10-12,15,17-21,24,36H,5-9,13-14,16,22-23,25H2,1-4H3/b27-21+. The third-order valence-electron chi connectivity index (χ3n) is 6.90. The van der Waals surface area contributed by atoms with E-state index in [1.807, 2.05) is 54.6 Å². The molecule has 5 heteroatoms. The van der Waals surface area contributed by atoms with Crippen molar-refractivity contribution in [1.82, 2.24) is 4.57 Å². The molecule has 0 radical (unpaired) electrons. The molecule has 3 rings (SSSR count). The molecule has 0 aliphatic heterocycles. The fourth-order valence-electron chi connectivity index (χ4n) is 4.60. The minimum atomic E-state index is -0.421. The van der Waals surface area contributed by atoms with Crippen LogP contribution in [-0.2, 0) is 13.2 Å². The number of hydrogen-bond acceptors (Lipinski definition) is 4. The summed E-state index contributed by atoms with van der Waals surface area (Å²) in [4.78, 5) is 13.3. The maximum atomic E-state index is 13.3. The number of pyridine rings is 1. The molecule has 0 aliphatic rings. The second-order valence-electron chi connectivity index (χ2n) is 10.5. The minimum absolute atomic E-state index is 0.233. The first kappa shape index (κ1) is 30.1. The number of allylic oxidation sites excluding steroid dienone is 3. The molecule has 0 atom stereocenters. The van der Waals surface area contributed by atoms with Gasteiger partial charge in [-0.3, -0.25) is 4.79 Å². The molecule has 0 unspecified atom stereocenters. The molecule has 0 bridgehead atoms. The molecule has 1 aromatic heterocycles. The van der Waals surface area contributed by atoms with Crippen molar-refractivity contribution >= 4 is 10.9 Å². The van der Waals surface area contributed by atoms with Gasteiger partial charge in [0, 0.05) is 18.0 Å². The Morgan fingerprint density at radius 1 is 0.923 bits per heavy atom. The van der Waals surface area contributed by atoms with Gasteiger partial charge in [0.2, 0.25) is 5.75 Å². The zero-order valence-electron chi connectivity index (χ0n) is 24.2. The Balaban J connectivity index is 1.85. The normalized spacial score (nSPS) is 11.5. The lowest BCUT2D eigenvalue weighted by Crippen LogP contribution is -2.21. The van der Waals surface area contributed by atoms with Crippen LogP contribution in [0.3, 0.4) is 0 Å². The number of nitrogens with zero attached hydrogens (tertiary/aromatic N) is 1. The molecule has 0 fully saturated rings. The molecular formula is C34H45NO4. The zero-order chi connectivity index (χ0) is 28.0. The number of rotatable bonds is 16. The van der Waals surface area contributed by atoms with Crippen LogP contribution in [0.4, 0.5) is 0 Å². The van der Waals surface area contributed by atoms with E-state index in [1.165, 1.54) is 30.4 Å². The van der Waals surface area contributed by atoms with Crippen LogP contribution in [0, 0.1) is 0 Å². The Morgan fingerprint density at radius 3 is 2.41 bits per heavy atom. The second-order valence-corrected chi connectivity index (χ2v) is 10.5. The van der Waals surface area contributed by atoms with Gasteiger partial charge in [0.15, 0.2) is 5.75 Å². The number of aromatic hydroxyl groups is 1. The highest BCUT2D eigenvalue weighted by atomic mass is 16.5. The molecule has 5 nitrogen and oxygen atoms in total. The molecule has 210 valence electrons. The fraction of sp³-hybridized carbons (Fsp3) is 0.441. The summed E-state index contributed by atoms with van der Waals surface area (Å²) in [6, 6.07) is 15.6. The van der Waals surface area contributed by atoms with Crippen molar-refractivity contribution in [3.05, 3.63) is 87.7 Å². The van der Waals surface area contributed by atoms with Crippen LogP contribution in [0.25, 0.3) is 10.9 Å². The summed E-state index contributed by atoms with van der Waals surface area (Å²) >= 11 is 0.